The molecule has 3 rings (SSSR count). The first-order valence-corrected chi connectivity index (χ1v) is 9.80. The summed E-state index contributed by atoms with van der Waals surface area (Å²) in [5.74, 6) is 1.41. The lowest BCUT2D eigenvalue weighted by Gasteiger charge is -2.18. The zero-order valence-electron chi connectivity index (χ0n) is 17.6. The van der Waals surface area contributed by atoms with Crippen molar-refractivity contribution in [1.29, 1.82) is 0 Å². The van der Waals surface area contributed by atoms with Gasteiger partial charge in [0.05, 0.1) is 12.6 Å². The van der Waals surface area contributed by atoms with Gasteiger partial charge in [-0.15, -0.1) is 0 Å². The number of aromatic nitrogens is 2. The highest BCUT2D eigenvalue weighted by atomic mass is 16.6. The number of fused-ring (bicyclic) bond motifs is 1. The predicted octanol–water partition coefficient (Wildman–Crippen LogP) is 4.59. The Kier molecular flexibility index (Phi) is 6.44. The van der Waals surface area contributed by atoms with Gasteiger partial charge in [-0.25, -0.2) is 15.4 Å². The normalized spacial score (nSPS) is 13.1. The van der Waals surface area contributed by atoms with Crippen molar-refractivity contribution in [3.05, 3.63) is 65.0 Å². The molecule has 0 radical (unpaired) electrons. The maximum absolute atomic E-state index is 11.9. The summed E-state index contributed by atoms with van der Waals surface area (Å²) in [5, 5.41) is 4.50. The Morgan fingerprint density at radius 2 is 1.86 bits per heavy atom. The van der Waals surface area contributed by atoms with Gasteiger partial charge in [-0.05, 0) is 49.9 Å². The van der Waals surface area contributed by atoms with Gasteiger partial charge in [-0.1, -0.05) is 42.8 Å². The average molecular weight is 393 g/mol. The molecule has 29 heavy (non-hydrogen) atoms. The van der Waals surface area contributed by atoms with Crippen LogP contribution in [-0.2, 0) is 9.63 Å². The van der Waals surface area contributed by atoms with Crippen LogP contribution in [0.4, 0.5) is 5.82 Å². The van der Waals surface area contributed by atoms with Crippen molar-refractivity contribution >= 4 is 22.6 Å². The van der Waals surface area contributed by atoms with E-state index in [-0.39, 0.29) is 17.9 Å². The lowest BCUT2D eigenvalue weighted by molar-refractivity contribution is -0.131. The van der Waals surface area contributed by atoms with E-state index in [0.717, 1.165) is 28.1 Å². The van der Waals surface area contributed by atoms with Crippen LogP contribution in [-0.4, -0.2) is 23.0 Å². The Morgan fingerprint density at radius 1 is 1.07 bits per heavy atom. The van der Waals surface area contributed by atoms with Crippen LogP contribution >= 0.6 is 0 Å². The molecule has 2 atom stereocenters. The smallest absolute Gasteiger partial charge is 0.244 e. The zero-order chi connectivity index (χ0) is 21.0. The van der Waals surface area contributed by atoms with E-state index in [1.165, 1.54) is 18.2 Å². The Bertz CT molecular complexity index is 1020. The van der Waals surface area contributed by atoms with E-state index in [0.29, 0.717) is 6.42 Å². The number of anilines is 1. The van der Waals surface area contributed by atoms with Gasteiger partial charge in [0.25, 0.3) is 0 Å². The highest BCUT2D eigenvalue weighted by molar-refractivity contribution is 5.90. The molecule has 152 valence electrons. The van der Waals surface area contributed by atoms with E-state index in [1.54, 1.807) is 0 Å². The van der Waals surface area contributed by atoms with Gasteiger partial charge in [0.15, 0.2) is 0 Å². The molecule has 0 saturated carbocycles. The van der Waals surface area contributed by atoms with Crippen LogP contribution in [0.15, 0.2) is 42.5 Å². The Balaban J connectivity index is 1.92. The largest absolute Gasteiger partial charge is 0.363 e. The molecule has 1 aromatic heterocycles. The quantitative estimate of drug-likeness (QED) is 0.575. The standard InChI is InChI=1S/C23H28N4O2/c1-14-7-6-8-19(11-14)16(3)24-23-20-13-18(15(2)12-22(28)27-29-5)9-10-21(20)25-17(4)26-23/h6-11,13,15-16H,12H2,1-5H3,(H,27,28)(H,24,25,26)/t15?,16-/m1/s1. The SMILES string of the molecule is CONC(=O)CC(C)c1ccc2nc(C)nc(N[C@H](C)c3cccc(C)c3)c2c1. The molecule has 0 aliphatic heterocycles. The van der Waals surface area contributed by atoms with Crippen LogP contribution < -0.4 is 10.8 Å². The molecular weight excluding hydrogens is 364 g/mol. The average Bonchev–Trinajstić information content (AvgIpc) is 2.67. The monoisotopic (exact) mass is 392 g/mol. The molecule has 0 aliphatic rings. The second-order valence-electron chi connectivity index (χ2n) is 7.51. The molecule has 0 fully saturated rings. The first-order valence-electron chi connectivity index (χ1n) is 9.80. The number of hydrogen-bond donors (Lipinski definition) is 2. The van der Waals surface area contributed by atoms with Gasteiger partial charge in [-0.2, -0.15) is 0 Å². The Hall–Kier alpha value is -2.99. The second kappa shape index (κ2) is 9.01. The molecule has 0 saturated heterocycles. The second-order valence-corrected chi connectivity index (χ2v) is 7.51. The number of carbonyl (C=O) groups is 1. The maximum Gasteiger partial charge on any atom is 0.244 e. The molecule has 1 unspecified atom stereocenters. The summed E-state index contributed by atoms with van der Waals surface area (Å²) >= 11 is 0. The van der Waals surface area contributed by atoms with Crippen LogP contribution in [0, 0.1) is 13.8 Å². The molecule has 6 nitrogen and oxygen atoms in total. The number of hydrogen-bond acceptors (Lipinski definition) is 5. The Labute approximate surface area is 171 Å². The van der Waals surface area contributed by atoms with E-state index < -0.39 is 0 Å². The lowest BCUT2D eigenvalue weighted by Crippen LogP contribution is -2.23. The molecule has 2 N–H and O–H groups in total. The number of nitrogens with one attached hydrogen (secondary N) is 2. The third-order valence-corrected chi connectivity index (χ3v) is 5.00. The van der Waals surface area contributed by atoms with Crippen LogP contribution in [0.3, 0.4) is 0 Å². The predicted molar refractivity (Wildman–Crippen MR) is 116 cm³/mol. The van der Waals surface area contributed by atoms with Crippen molar-refractivity contribution in [3.8, 4) is 0 Å². The number of nitrogens with zero attached hydrogens (tertiary/aromatic N) is 2. The van der Waals surface area contributed by atoms with E-state index in [1.807, 2.05) is 26.0 Å². The molecule has 1 heterocycles. The fourth-order valence-electron chi connectivity index (χ4n) is 3.46. The lowest BCUT2D eigenvalue weighted by atomic mass is 9.96. The van der Waals surface area contributed by atoms with Crippen molar-refractivity contribution in [2.24, 2.45) is 0 Å². The third kappa shape index (κ3) is 5.09. The maximum atomic E-state index is 11.9. The summed E-state index contributed by atoms with van der Waals surface area (Å²) in [6, 6.07) is 14.6. The van der Waals surface area contributed by atoms with Gasteiger partial charge in [0.1, 0.15) is 11.6 Å². The highest BCUT2D eigenvalue weighted by Gasteiger charge is 2.15. The first-order chi connectivity index (χ1) is 13.9. The van der Waals surface area contributed by atoms with E-state index >= 15 is 0 Å². The topological polar surface area (TPSA) is 76.1 Å². The molecule has 2 aromatic carbocycles. The highest BCUT2D eigenvalue weighted by Crippen LogP contribution is 2.29. The molecular formula is C23H28N4O2. The fourth-order valence-corrected chi connectivity index (χ4v) is 3.46. The number of carbonyl (C=O) groups excluding carboxylic acids is 1. The molecule has 0 spiro atoms. The minimum Gasteiger partial charge on any atom is -0.363 e. The number of hydroxylamine groups is 1. The van der Waals surface area contributed by atoms with Crippen LogP contribution in [0.5, 0.6) is 0 Å². The van der Waals surface area contributed by atoms with Gasteiger partial charge in [-0.3, -0.25) is 9.63 Å². The minimum atomic E-state index is -0.147. The van der Waals surface area contributed by atoms with Crippen LogP contribution in [0.1, 0.15) is 54.7 Å². The summed E-state index contributed by atoms with van der Waals surface area (Å²) in [5.41, 5.74) is 6.75. The molecule has 0 aliphatic carbocycles. The van der Waals surface area contributed by atoms with E-state index in [9.17, 15) is 4.79 Å². The first kappa shape index (κ1) is 20.7. The van der Waals surface area contributed by atoms with Crippen LogP contribution in [0.25, 0.3) is 10.9 Å². The van der Waals surface area contributed by atoms with E-state index in [4.69, 9.17) is 4.84 Å². The zero-order valence-corrected chi connectivity index (χ0v) is 17.6. The molecule has 1 amide bonds. The van der Waals surface area contributed by atoms with Gasteiger partial charge in [0, 0.05) is 17.8 Å². The third-order valence-electron chi connectivity index (χ3n) is 5.00. The molecule has 6 heteroatoms. The summed E-state index contributed by atoms with van der Waals surface area (Å²) in [7, 11) is 1.44. The number of amides is 1. The molecule has 0 bridgehead atoms. The van der Waals surface area contributed by atoms with Crippen molar-refractivity contribution in [3.63, 3.8) is 0 Å². The van der Waals surface area contributed by atoms with E-state index in [2.05, 4.69) is 64.9 Å². The van der Waals surface area contributed by atoms with Gasteiger partial charge >= 0.3 is 0 Å². The van der Waals surface area contributed by atoms with Gasteiger partial charge in [0.2, 0.25) is 5.91 Å². The minimum absolute atomic E-state index is 0.0397. The van der Waals surface area contributed by atoms with Crippen molar-refractivity contribution in [1.82, 2.24) is 15.4 Å². The summed E-state index contributed by atoms with van der Waals surface area (Å²) in [6.45, 7) is 8.13. The molecule has 3 aromatic rings. The summed E-state index contributed by atoms with van der Waals surface area (Å²) in [4.78, 5) is 25.8. The number of aryl methyl sites for hydroxylation is 2. The van der Waals surface area contributed by atoms with Crippen LogP contribution in [0.2, 0.25) is 0 Å². The van der Waals surface area contributed by atoms with Crippen molar-refractivity contribution in [2.75, 3.05) is 12.4 Å². The summed E-state index contributed by atoms with van der Waals surface area (Å²) in [6.07, 6.45) is 0.342. The fraction of sp³-hybridized carbons (Fsp3) is 0.348. The Morgan fingerprint density at radius 3 is 2.59 bits per heavy atom. The van der Waals surface area contributed by atoms with Crippen molar-refractivity contribution < 1.29 is 9.63 Å². The number of benzene rings is 2. The number of rotatable bonds is 7. The van der Waals surface area contributed by atoms with Crippen molar-refractivity contribution in [2.45, 2.75) is 46.1 Å². The summed E-state index contributed by atoms with van der Waals surface area (Å²) < 4.78 is 0. The van der Waals surface area contributed by atoms with Gasteiger partial charge < -0.3 is 5.32 Å².